The van der Waals surface area contributed by atoms with Gasteiger partial charge in [0.1, 0.15) is 58.4 Å². The Balaban J connectivity index is 0.000000778. The van der Waals surface area contributed by atoms with Crippen molar-refractivity contribution in [1.82, 2.24) is 0 Å². The predicted octanol–water partition coefficient (Wildman–Crippen LogP) is 6.13. The second kappa shape index (κ2) is 17.5. The van der Waals surface area contributed by atoms with E-state index >= 15 is 43.9 Å². The Labute approximate surface area is 326 Å². The van der Waals surface area contributed by atoms with Gasteiger partial charge in [-0.3, -0.25) is 0 Å². The third-order valence-electron chi connectivity index (χ3n) is 9.62. The van der Waals surface area contributed by atoms with E-state index in [4.69, 9.17) is 8.85 Å². The summed E-state index contributed by atoms with van der Waals surface area (Å²) < 4.78 is 300. The van der Waals surface area contributed by atoms with Crippen molar-refractivity contribution in [3.8, 4) is 0 Å². The lowest BCUT2D eigenvalue weighted by molar-refractivity contribution is -0.786. The standard InChI is InChI=1S/C28H11BF19O2Si.C8H11N/c1-4-51(49-2,50-3)28-26(47)15(36)8(16(37)27(28)48)29(5-9(30)17(38)23(44)18(39)10(5)31,6-11(32)19(40)24(45)20(41)12(6)33)7-13(34)21(42)25(46)22(43)14(7)35;1-9(2)8-6-4-3-5-7-8/h4H2,1-3H3;3-7H,1-2H3/q-1;/p+1. The van der Waals surface area contributed by atoms with E-state index in [-0.39, 0.29) is 0 Å². The van der Waals surface area contributed by atoms with Gasteiger partial charge in [0, 0.05) is 14.2 Å². The molecule has 5 rings (SSSR count). The number of quaternary nitrogens is 1. The minimum Gasteiger partial charge on any atom is -0.394 e. The molecule has 0 aliphatic rings. The summed E-state index contributed by atoms with van der Waals surface area (Å²) in [5.74, 6) is -65.6. The SMILES string of the molecule is CC[Si](OC)(OC)c1c(F)c(F)c([B-](c2c(F)c(F)c(F)c(F)c2F)(c2c(F)c(F)c(F)c(F)c2F)c2c(F)c(F)c(F)c(F)c2F)c(F)c1F.C[NH+](C)c1ccccc1. The average Bonchev–Trinajstić information content (AvgIpc) is 3.23. The van der Waals surface area contributed by atoms with E-state index in [1.165, 1.54) is 10.6 Å². The van der Waals surface area contributed by atoms with E-state index in [1.54, 1.807) is 0 Å². The highest BCUT2D eigenvalue weighted by atomic mass is 28.4. The van der Waals surface area contributed by atoms with Gasteiger partial charge >= 0.3 is 8.56 Å². The molecule has 0 saturated heterocycles. The molecule has 0 atom stereocenters. The van der Waals surface area contributed by atoms with E-state index in [0.717, 1.165) is 6.92 Å². The maximum Gasteiger partial charge on any atom is 0.377 e. The van der Waals surface area contributed by atoms with Crippen LogP contribution in [0.1, 0.15) is 6.92 Å². The molecule has 0 amide bonds. The maximum absolute atomic E-state index is 16.5. The maximum atomic E-state index is 16.5. The van der Waals surface area contributed by atoms with Crippen molar-refractivity contribution >= 4 is 47.4 Å². The molecule has 0 aliphatic carbocycles. The molecule has 5 aromatic carbocycles. The molecule has 60 heavy (non-hydrogen) atoms. The molecule has 0 aromatic heterocycles. The highest BCUT2D eigenvalue weighted by Crippen LogP contribution is 2.31. The predicted molar refractivity (Wildman–Crippen MR) is 178 cm³/mol. The van der Waals surface area contributed by atoms with Gasteiger partial charge in [-0.1, -0.05) is 25.1 Å². The van der Waals surface area contributed by atoms with Crippen LogP contribution in [-0.4, -0.2) is 43.0 Å². The molecule has 1 N–H and O–H groups in total. The van der Waals surface area contributed by atoms with Gasteiger partial charge in [0.25, 0.3) is 0 Å². The quantitative estimate of drug-likeness (QED) is 0.0834. The molecule has 3 nitrogen and oxygen atoms in total. The molecule has 324 valence electrons. The summed E-state index contributed by atoms with van der Waals surface area (Å²) in [7, 11) is 0.597. The van der Waals surface area contributed by atoms with E-state index in [1.807, 2.05) is 6.07 Å². The third kappa shape index (κ3) is 7.09. The molecule has 0 fully saturated rings. The molecule has 24 heteroatoms. The van der Waals surface area contributed by atoms with Crippen LogP contribution in [0.5, 0.6) is 0 Å². The first kappa shape index (κ1) is 47.6. The van der Waals surface area contributed by atoms with E-state index in [9.17, 15) is 39.5 Å². The molecule has 0 unspecified atom stereocenters. The molecule has 0 heterocycles. The van der Waals surface area contributed by atoms with Crippen LogP contribution in [0, 0.1) is 111 Å². The highest BCUT2D eigenvalue weighted by Gasteiger charge is 2.54. The third-order valence-corrected chi connectivity index (χ3v) is 13.1. The molecule has 0 radical (unpaired) electrons. The summed E-state index contributed by atoms with van der Waals surface area (Å²) in [4.78, 5) is 1.37. The smallest absolute Gasteiger partial charge is 0.377 e. The van der Waals surface area contributed by atoms with E-state index in [2.05, 4.69) is 38.4 Å². The van der Waals surface area contributed by atoms with Crippen LogP contribution >= 0.6 is 0 Å². The molecule has 5 aromatic rings. The Hall–Kier alpha value is -5.07. The Morgan fingerprint density at radius 3 is 0.833 bits per heavy atom. The number of para-hydroxylation sites is 1. The van der Waals surface area contributed by atoms with Gasteiger partial charge < -0.3 is 13.8 Å². The monoisotopic (exact) mass is 901 g/mol. The molecule has 0 bridgehead atoms. The average molecular weight is 901 g/mol. The fraction of sp³-hybridized carbons (Fsp3) is 0.167. The molecular weight excluding hydrogens is 878 g/mol. The van der Waals surface area contributed by atoms with Crippen LogP contribution in [0.4, 0.5) is 89.1 Å². The highest BCUT2D eigenvalue weighted by molar-refractivity contribution is 7.20. The largest absolute Gasteiger partial charge is 0.394 e. The number of halogens is 19. The summed E-state index contributed by atoms with van der Waals surface area (Å²) >= 11 is 0. The van der Waals surface area contributed by atoms with Crippen molar-refractivity contribution in [1.29, 1.82) is 0 Å². The lowest BCUT2D eigenvalue weighted by atomic mass is 9.12. The Kier molecular flexibility index (Phi) is 13.9. The minimum absolute atomic E-state index is 0.620. The zero-order chi connectivity index (χ0) is 45.7. The van der Waals surface area contributed by atoms with Crippen molar-refractivity contribution in [3.05, 3.63) is 141 Å². The first-order valence-corrected chi connectivity index (χ1v) is 18.5. The number of rotatable bonds is 9. The van der Waals surface area contributed by atoms with Crippen LogP contribution in [0.15, 0.2) is 30.3 Å². The van der Waals surface area contributed by atoms with Crippen molar-refractivity contribution in [2.45, 2.75) is 13.0 Å². The summed E-state index contributed by atoms with van der Waals surface area (Å²) in [6, 6.07) is 9.65. The summed E-state index contributed by atoms with van der Waals surface area (Å²) in [6.45, 7) is 0.995. The fourth-order valence-electron chi connectivity index (χ4n) is 6.76. The lowest BCUT2D eigenvalue weighted by Crippen LogP contribution is -3.00. The minimum atomic E-state index is -7.17. The van der Waals surface area contributed by atoms with Crippen molar-refractivity contribution in [2.75, 3.05) is 28.3 Å². The van der Waals surface area contributed by atoms with Gasteiger partial charge in [0.2, 0.25) is 0 Å². The van der Waals surface area contributed by atoms with Crippen LogP contribution in [-0.2, 0) is 8.85 Å². The number of benzene rings is 5. The van der Waals surface area contributed by atoms with Crippen molar-refractivity contribution < 1.29 is 97.2 Å². The molecule has 0 aliphatic heterocycles. The molecule has 0 spiro atoms. The Morgan fingerprint density at radius 1 is 0.400 bits per heavy atom. The number of hydrogen-bond acceptors (Lipinski definition) is 2. The summed E-state index contributed by atoms with van der Waals surface area (Å²) in [5.41, 5.74) is -12.6. The zero-order valence-corrected chi connectivity index (χ0v) is 31.7. The van der Waals surface area contributed by atoms with Crippen LogP contribution in [0.3, 0.4) is 0 Å². The van der Waals surface area contributed by atoms with Crippen LogP contribution in [0.2, 0.25) is 6.04 Å². The van der Waals surface area contributed by atoms with Gasteiger partial charge in [-0.05, 0) is 18.2 Å². The van der Waals surface area contributed by atoms with E-state index < -0.39 is 158 Å². The fourth-order valence-corrected chi connectivity index (χ4v) is 9.15. The van der Waals surface area contributed by atoms with Gasteiger partial charge in [0.05, 0.1) is 19.3 Å². The zero-order valence-electron chi connectivity index (χ0n) is 30.7. The molecule has 0 saturated carbocycles. The second-order valence-corrected chi connectivity index (χ2v) is 16.3. The first-order valence-electron chi connectivity index (χ1n) is 16.4. The summed E-state index contributed by atoms with van der Waals surface area (Å²) in [6.07, 6.45) is -7.17. The van der Waals surface area contributed by atoms with Gasteiger partial charge in [-0.25, -0.2) is 83.4 Å². The molecular formula is C36H23BF19NO2Si. The van der Waals surface area contributed by atoms with Gasteiger partial charge in [-0.15, -0.1) is 21.9 Å². The van der Waals surface area contributed by atoms with Crippen LogP contribution < -0.4 is 31.9 Å². The Morgan fingerprint density at radius 2 is 0.633 bits per heavy atom. The Bertz CT molecular complexity index is 2210. The van der Waals surface area contributed by atoms with Gasteiger partial charge in [-0.2, -0.15) is 0 Å². The van der Waals surface area contributed by atoms with Crippen molar-refractivity contribution in [2.24, 2.45) is 0 Å². The van der Waals surface area contributed by atoms with Crippen molar-refractivity contribution in [3.63, 3.8) is 0 Å². The number of nitrogens with one attached hydrogen (secondary N) is 1. The lowest BCUT2D eigenvalue weighted by Gasteiger charge is -2.45. The summed E-state index contributed by atoms with van der Waals surface area (Å²) in [5, 5.41) is -1.97. The topological polar surface area (TPSA) is 22.9 Å². The first-order chi connectivity index (χ1) is 27.9. The van der Waals surface area contributed by atoms with Gasteiger partial charge in [0.15, 0.2) is 64.0 Å². The van der Waals surface area contributed by atoms with E-state index in [0.29, 0.717) is 14.2 Å². The van der Waals surface area contributed by atoms with Crippen LogP contribution in [0.25, 0.3) is 0 Å². The number of hydrogen-bond donors (Lipinski definition) is 1. The normalized spacial score (nSPS) is 12.0. The second-order valence-electron chi connectivity index (χ2n) is 12.7.